The Bertz CT molecular complexity index is 1010. The number of alkyl halides is 2. The Morgan fingerprint density at radius 1 is 0.909 bits per heavy atom. The van der Waals surface area contributed by atoms with Gasteiger partial charge in [0.2, 0.25) is 11.6 Å². The molecule has 0 amide bonds. The molecular formula is C26H29F5O2. The van der Waals surface area contributed by atoms with Gasteiger partial charge in [-0.15, -0.1) is 0 Å². The summed E-state index contributed by atoms with van der Waals surface area (Å²) in [5.41, 5.74) is 0.991. The van der Waals surface area contributed by atoms with Crippen LogP contribution in [-0.4, -0.2) is 6.11 Å². The molecule has 2 aliphatic rings. The van der Waals surface area contributed by atoms with E-state index in [9.17, 15) is 17.6 Å². The molecule has 2 aromatic rings. The topological polar surface area (TPSA) is 18.5 Å². The summed E-state index contributed by atoms with van der Waals surface area (Å²) in [4.78, 5) is 0. The van der Waals surface area contributed by atoms with E-state index in [4.69, 9.17) is 9.47 Å². The van der Waals surface area contributed by atoms with Crippen LogP contribution in [0.3, 0.4) is 0 Å². The van der Waals surface area contributed by atoms with Gasteiger partial charge in [-0.3, -0.25) is 0 Å². The van der Waals surface area contributed by atoms with Gasteiger partial charge in [-0.1, -0.05) is 39.2 Å². The van der Waals surface area contributed by atoms with Crippen LogP contribution in [0.25, 0.3) is 0 Å². The van der Waals surface area contributed by atoms with E-state index in [0.717, 1.165) is 18.9 Å². The van der Waals surface area contributed by atoms with Gasteiger partial charge in [0, 0.05) is 17.5 Å². The zero-order chi connectivity index (χ0) is 23.8. The Labute approximate surface area is 191 Å². The molecule has 0 N–H and O–H groups in total. The summed E-state index contributed by atoms with van der Waals surface area (Å²) in [6, 6.07) is 4.11. The number of benzene rings is 2. The molecule has 1 fully saturated rings. The fourth-order valence-electron chi connectivity index (χ4n) is 5.05. The Morgan fingerprint density at radius 2 is 1.61 bits per heavy atom. The first kappa shape index (κ1) is 23.8. The van der Waals surface area contributed by atoms with Crippen LogP contribution in [0, 0.1) is 29.3 Å². The third kappa shape index (κ3) is 4.69. The van der Waals surface area contributed by atoms with E-state index in [2.05, 4.69) is 6.92 Å². The minimum atomic E-state index is -3.54. The standard InChI is InChI=1S/C26H29F5O2/c1-3-5-15-7-10-19(11-8-15)26(30,31)33-20-12-9-17-14-18-13-16(6-4-2)21(27)23(29)25(18)32-24(17)22(20)28/h9,12-13,15,19H,3-8,10-11,14H2,1-2H3. The fraction of sp³-hybridized carbons (Fsp3) is 0.538. The molecule has 0 atom stereocenters. The van der Waals surface area contributed by atoms with Crippen LogP contribution >= 0.6 is 0 Å². The van der Waals surface area contributed by atoms with E-state index in [-0.39, 0.29) is 12.0 Å². The van der Waals surface area contributed by atoms with E-state index >= 15 is 4.39 Å². The van der Waals surface area contributed by atoms with Gasteiger partial charge in [0.1, 0.15) is 0 Å². The minimum Gasteiger partial charge on any atom is -0.450 e. The number of rotatable bonds is 7. The van der Waals surface area contributed by atoms with Gasteiger partial charge in [-0.25, -0.2) is 4.39 Å². The van der Waals surface area contributed by atoms with Crippen LogP contribution in [0.2, 0.25) is 0 Å². The van der Waals surface area contributed by atoms with Crippen LogP contribution in [0.5, 0.6) is 17.2 Å². The summed E-state index contributed by atoms with van der Waals surface area (Å²) in [6.45, 7) is 3.93. The Hall–Kier alpha value is -2.31. The van der Waals surface area contributed by atoms with E-state index in [1.54, 1.807) is 0 Å². The second-order valence-electron chi connectivity index (χ2n) is 9.22. The first-order valence-electron chi connectivity index (χ1n) is 11.8. The molecule has 0 radical (unpaired) electrons. The molecule has 1 aliphatic heterocycles. The monoisotopic (exact) mass is 468 g/mol. The normalized spacial score (nSPS) is 20.1. The maximum Gasteiger partial charge on any atom is 0.400 e. The molecule has 2 nitrogen and oxygen atoms in total. The van der Waals surface area contributed by atoms with Gasteiger partial charge in [-0.05, 0) is 55.7 Å². The largest absolute Gasteiger partial charge is 0.450 e. The summed E-state index contributed by atoms with van der Waals surface area (Å²) < 4.78 is 84.1. The lowest BCUT2D eigenvalue weighted by Crippen LogP contribution is -2.37. The smallest absolute Gasteiger partial charge is 0.400 e. The zero-order valence-corrected chi connectivity index (χ0v) is 19.0. The van der Waals surface area contributed by atoms with E-state index in [1.165, 1.54) is 12.1 Å². The molecule has 0 aromatic heterocycles. The Balaban J connectivity index is 1.55. The zero-order valence-electron chi connectivity index (χ0n) is 19.0. The summed E-state index contributed by atoms with van der Waals surface area (Å²) in [5.74, 6) is -5.36. The van der Waals surface area contributed by atoms with Crippen molar-refractivity contribution >= 4 is 0 Å². The van der Waals surface area contributed by atoms with Crippen molar-refractivity contribution in [3.05, 3.63) is 52.3 Å². The van der Waals surface area contributed by atoms with E-state index in [1.807, 2.05) is 6.92 Å². The molecule has 0 saturated heterocycles. The van der Waals surface area contributed by atoms with Crippen LogP contribution in [0.1, 0.15) is 75.5 Å². The van der Waals surface area contributed by atoms with Crippen LogP contribution < -0.4 is 9.47 Å². The van der Waals surface area contributed by atoms with Crippen LogP contribution in [0.15, 0.2) is 18.2 Å². The van der Waals surface area contributed by atoms with Crippen LogP contribution in [-0.2, 0) is 12.8 Å². The molecule has 1 aliphatic carbocycles. The second kappa shape index (κ2) is 9.51. The summed E-state index contributed by atoms with van der Waals surface area (Å²) >= 11 is 0. The van der Waals surface area contributed by atoms with Crippen LogP contribution in [0.4, 0.5) is 22.0 Å². The highest BCUT2D eigenvalue weighted by Gasteiger charge is 2.44. The predicted molar refractivity (Wildman–Crippen MR) is 116 cm³/mol. The van der Waals surface area contributed by atoms with E-state index < -0.39 is 46.7 Å². The highest BCUT2D eigenvalue weighted by atomic mass is 19.3. The minimum absolute atomic E-state index is 0.105. The summed E-state index contributed by atoms with van der Waals surface area (Å²) in [5, 5.41) is 0. The number of hydrogen-bond acceptors (Lipinski definition) is 2. The van der Waals surface area contributed by atoms with Crippen molar-refractivity contribution in [1.29, 1.82) is 0 Å². The third-order valence-electron chi connectivity index (χ3n) is 6.83. The van der Waals surface area contributed by atoms with Crippen molar-refractivity contribution in [3.8, 4) is 17.2 Å². The SMILES string of the molecule is CCCc1cc2c(c(F)c1F)Oc1c(ccc(OC(F)(F)C3CCC(CCC)CC3)c1F)C2. The molecule has 1 saturated carbocycles. The van der Waals surface area contributed by atoms with Crippen molar-refractivity contribution < 1.29 is 31.4 Å². The first-order chi connectivity index (χ1) is 15.7. The van der Waals surface area contributed by atoms with Gasteiger partial charge in [-0.2, -0.15) is 17.6 Å². The Morgan fingerprint density at radius 3 is 2.27 bits per heavy atom. The quantitative estimate of drug-likeness (QED) is 0.325. The molecule has 0 spiro atoms. The predicted octanol–water partition coefficient (Wildman–Crippen LogP) is 8.33. The molecule has 4 rings (SSSR count). The van der Waals surface area contributed by atoms with Gasteiger partial charge >= 0.3 is 6.11 Å². The van der Waals surface area contributed by atoms with Crippen molar-refractivity contribution in [3.63, 3.8) is 0 Å². The van der Waals surface area contributed by atoms with E-state index in [0.29, 0.717) is 55.6 Å². The second-order valence-corrected chi connectivity index (χ2v) is 9.22. The maximum absolute atomic E-state index is 15.1. The van der Waals surface area contributed by atoms with Crippen molar-refractivity contribution in [2.24, 2.45) is 11.8 Å². The van der Waals surface area contributed by atoms with Gasteiger partial charge in [0.05, 0.1) is 5.92 Å². The van der Waals surface area contributed by atoms with Gasteiger partial charge in [0.15, 0.2) is 23.1 Å². The molecule has 2 aromatic carbocycles. The molecule has 33 heavy (non-hydrogen) atoms. The average Bonchev–Trinajstić information content (AvgIpc) is 2.79. The number of fused-ring (bicyclic) bond motifs is 2. The van der Waals surface area contributed by atoms with Gasteiger partial charge in [0.25, 0.3) is 0 Å². The molecule has 1 heterocycles. The number of aryl methyl sites for hydroxylation is 1. The third-order valence-corrected chi connectivity index (χ3v) is 6.83. The summed E-state index contributed by atoms with van der Waals surface area (Å²) in [6.07, 6.45) is 1.65. The maximum atomic E-state index is 15.1. The molecular weight excluding hydrogens is 439 g/mol. The lowest BCUT2D eigenvalue weighted by Gasteiger charge is -2.33. The highest BCUT2D eigenvalue weighted by molar-refractivity contribution is 5.54. The van der Waals surface area contributed by atoms with Crippen molar-refractivity contribution in [2.45, 2.75) is 77.7 Å². The van der Waals surface area contributed by atoms with Crippen molar-refractivity contribution in [2.75, 3.05) is 0 Å². The highest BCUT2D eigenvalue weighted by Crippen LogP contribution is 2.46. The average molecular weight is 469 g/mol. The molecule has 7 heteroatoms. The number of hydrogen-bond donors (Lipinski definition) is 0. The first-order valence-corrected chi connectivity index (χ1v) is 11.8. The lowest BCUT2D eigenvalue weighted by atomic mass is 9.79. The van der Waals surface area contributed by atoms with Crippen molar-refractivity contribution in [1.82, 2.24) is 0 Å². The molecule has 0 bridgehead atoms. The lowest BCUT2D eigenvalue weighted by molar-refractivity contribution is -0.224. The Kier molecular flexibility index (Phi) is 6.87. The number of halogens is 5. The number of ether oxygens (including phenoxy) is 2. The van der Waals surface area contributed by atoms with Gasteiger partial charge < -0.3 is 9.47 Å². The molecule has 180 valence electrons. The molecule has 0 unspecified atom stereocenters. The summed E-state index contributed by atoms with van der Waals surface area (Å²) in [7, 11) is 0. The fourth-order valence-corrected chi connectivity index (χ4v) is 5.05.